The lowest BCUT2D eigenvalue weighted by atomic mass is 10.1. The van der Waals surface area contributed by atoms with Crippen LogP contribution < -0.4 is 25.2 Å². The van der Waals surface area contributed by atoms with E-state index in [0.29, 0.717) is 17.2 Å². The van der Waals surface area contributed by atoms with Crippen LogP contribution in [0.4, 0.5) is 11.4 Å². The van der Waals surface area contributed by atoms with Gasteiger partial charge in [0.1, 0.15) is 5.69 Å². The highest BCUT2D eigenvalue weighted by Gasteiger charge is 2.24. The zero-order chi connectivity index (χ0) is 23.3. The Labute approximate surface area is 185 Å². The summed E-state index contributed by atoms with van der Waals surface area (Å²) in [6.45, 7) is 5.23. The van der Waals surface area contributed by atoms with E-state index >= 15 is 0 Å². The Bertz CT molecular complexity index is 1020. The standard InChI is InChI=1S/C22H26N4O6/c1-14(2)32-19-9-7-16(13-20(19)31-3)22(28)24-23-21(27)15-6-8-17(18(12-15)26(29)30)25-10-4-5-11-25/h6-9,12-14H,4-5,10-11H2,1-3H3,(H,23,27)(H,24,28). The number of benzene rings is 2. The molecule has 2 N–H and O–H groups in total. The number of hydrazine groups is 1. The van der Waals surface area contributed by atoms with Gasteiger partial charge < -0.3 is 14.4 Å². The van der Waals surface area contributed by atoms with Gasteiger partial charge in [-0.2, -0.15) is 0 Å². The zero-order valence-electron chi connectivity index (χ0n) is 18.2. The van der Waals surface area contributed by atoms with Crippen LogP contribution in [0.3, 0.4) is 0 Å². The normalized spacial score (nSPS) is 13.1. The fourth-order valence-corrected chi connectivity index (χ4v) is 3.45. The van der Waals surface area contributed by atoms with E-state index < -0.39 is 16.7 Å². The molecule has 1 heterocycles. The van der Waals surface area contributed by atoms with E-state index in [1.807, 2.05) is 18.7 Å². The van der Waals surface area contributed by atoms with E-state index in [9.17, 15) is 19.7 Å². The largest absolute Gasteiger partial charge is 0.493 e. The summed E-state index contributed by atoms with van der Waals surface area (Å²) in [5, 5.41) is 11.5. The van der Waals surface area contributed by atoms with Crippen LogP contribution in [0.1, 0.15) is 47.4 Å². The van der Waals surface area contributed by atoms with E-state index in [4.69, 9.17) is 9.47 Å². The van der Waals surface area contributed by atoms with Crippen LogP contribution in [0.2, 0.25) is 0 Å². The molecule has 10 nitrogen and oxygen atoms in total. The molecular formula is C22H26N4O6. The number of nitrogens with one attached hydrogen (secondary N) is 2. The van der Waals surface area contributed by atoms with Gasteiger partial charge in [-0.1, -0.05) is 0 Å². The molecule has 3 rings (SSSR count). The Morgan fingerprint density at radius 3 is 2.16 bits per heavy atom. The van der Waals surface area contributed by atoms with Gasteiger partial charge >= 0.3 is 0 Å². The Morgan fingerprint density at radius 2 is 1.59 bits per heavy atom. The van der Waals surface area contributed by atoms with Gasteiger partial charge in [0.15, 0.2) is 11.5 Å². The summed E-state index contributed by atoms with van der Waals surface area (Å²) in [5.74, 6) is -0.364. The van der Waals surface area contributed by atoms with Crippen molar-refractivity contribution in [3.8, 4) is 11.5 Å². The molecule has 2 amide bonds. The molecule has 10 heteroatoms. The molecule has 0 radical (unpaired) electrons. The molecule has 1 fully saturated rings. The molecule has 32 heavy (non-hydrogen) atoms. The SMILES string of the molecule is COc1cc(C(=O)NNC(=O)c2ccc(N3CCCC3)c([N+](=O)[O-])c2)ccc1OC(C)C. The maximum absolute atomic E-state index is 12.5. The van der Waals surface area contributed by atoms with E-state index in [1.165, 1.54) is 31.4 Å². The molecular weight excluding hydrogens is 416 g/mol. The third-order valence-corrected chi connectivity index (χ3v) is 4.96. The molecule has 0 saturated carbocycles. The molecule has 1 aliphatic heterocycles. The van der Waals surface area contributed by atoms with Gasteiger partial charge in [-0.15, -0.1) is 0 Å². The Hall–Kier alpha value is -3.82. The predicted molar refractivity (Wildman–Crippen MR) is 118 cm³/mol. The number of methoxy groups -OCH3 is 1. The molecule has 0 atom stereocenters. The maximum atomic E-state index is 12.5. The van der Waals surface area contributed by atoms with Gasteiger partial charge in [0.25, 0.3) is 17.5 Å². The number of anilines is 1. The molecule has 1 saturated heterocycles. The van der Waals surface area contributed by atoms with E-state index in [-0.39, 0.29) is 22.9 Å². The van der Waals surface area contributed by atoms with Crippen molar-refractivity contribution in [2.75, 3.05) is 25.1 Å². The number of nitro groups is 1. The molecule has 0 bridgehead atoms. The van der Waals surface area contributed by atoms with Crippen molar-refractivity contribution < 1.29 is 24.0 Å². The maximum Gasteiger partial charge on any atom is 0.293 e. The first-order chi connectivity index (χ1) is 15.3. The highest BCUT2D eigenvalue weighted by molar-refractivity contribution is 6.00. The fourth-order valence-electron chi connectivity index (χ4n) is 3.45. The summed E-state index contributed by atoms with van der Waals surface area (Å²) in [4.78, 5) is 37.9. The average Bonchev–Trinajstić information content (AvgIpc) is 3.31. The van der Waals surface area contributed by atoms with Gasteiger partial charge in [-0.05, 0) is 57.0 Å². The van der Waals surface area contributed by atoms with Crippen molar-refractivity contribution in [3.05, 3.63) is 57.6 Å². The van der Waals surface area contributed by atoms with E-state index in [1.54, 1.807) is 12.1 Å². The molecule has 0 aliphatic carbocycles. The number of nitrogens with zero attached hydrogens (tertiary/aromatic N) is 2. The second-order valence-electron chi connectivity index (χ2n) is 7.60. The second kappa shape index (κ2) is 9.99. The number of nitro benzene ring substituents is 1. The van der Waals surface area contributed by atoms with Crippen LogP contribution >= 0.6 is 0 Å². The summed E-state index contributed by atoms with van der Waals surface area (Å²) >= 11 is 0. The molecule has 0 spiro atoms. The minimum Gasteiger partial charge on any atom is -0.493 e. The Morgan fingerprint density at radius 1 is 1.00 bits per heavy atom. The smallest absolute Gasteiger partial charge is 0.293 e. The van der Waals surface area contributed by atoms with E-state index in [2.05, 4.69) is 10.9 Å². The van der Waals surface area contributed by atoms with Crippen molar-refractivity contribution in [2.45, 2.75) is 32.8 Å². The predicted octanol–water partition coefficient (Wildman–Crippen LogP) is 3.07. The summed E-state index contributed by atoms with van der Waals surface area (Å²) in [7, 11) is 1.46. The minimum atomic E-state index is -0.666. The zero-order valence-corrected chi connectivity index (χ0v) is 18.2. The third-order valence-electron chi connectivity index (χ3n) is 4.96. The monoisotopic (exact) mass is 442 g/mol. The number of ether oxygens (including phenoxy) is 2. The van der Waals surface area contributed by atoms with Crippen molar-refractivity contribution in [2.24, 2.45) is 0 Å². The lowest BCUT2D eigenvalue weighted by Crippen LogP contribution is -2.41. The van der Waals surface area contributed by atoms with Gasteiger partial charge in [0, 0.05) is 30.3 Å². The van der Waals surface area contributed by atoms with Gasteiger partial charge in [-0.25, -0.2) is 0 Å². The molecule has 2 aromatic carbocycles. The minimum absolute atomic E-state index is 0.0659. The van der Waals surface area contributed by atoms with Gasteiger partial charge in [0.2, 0.25) is 0 Å². The quantitative estimate of drug-likeness (QED) is 0.499. The first-order valence-electron chi connectivity index (χ1n) is 10.3. The average molecular weight is 442 g/mol. The molecule has 1 aliphatic rings. The lowest BCUT2D eigenvalue weighted by molar-refractivity contribution is -0.384. The number of carbonyl (C=O) groups excluding carboxylic acids is 2. The Kier molecular flexibility index (Phi) is 7.14. The fraction of sp³-hybridized carbons (Fsp3) is 0.364. The van der Waals surface area contributed by atoms with Crippen molar-refractivity contribution in [3.63, 3.8) is 0 Å². The first-order valence-corrected chi connectivity index (χ1v) is 10.3. The van der Waals surface area contributed by atoms with Crippen molar-refractivity contribution in [1.82, 2.24) is 10.9 Å². The summed E-state index contributed by atoms with van der Waals surface area (Å²) in [5.41, 5.74) is 5.26. The number of hydrogen-bond acceptors (Lipinski definition) is 7. The second-order valence-corrected chi connectivity index (χ2v) is 7.60. The van der Waals surface area contributed by atoms with Crippen LogP contribution in [0.15, 0.2) is 36.4 Å². The molecule has 2 aromatic rings. The number of amides is 2. The number of hydrogen-bond donors (Lipinski definition) is 2. The number of carbonyl (C=O) groups is 2. The highest BCUT2D eigenvalue weighted by atomic mass is 16.6. The highest BCUT2D eigenvalue weighted by Crippen LogP contribution is 2.32. The van der Waals surface area contributed by atoms with E-state index in [0.717, 1.165) is 25.9 Å². The number of rotatable bonds is 7. The molecule has 170 valence electrons. The van der Waals surface area contributed by atoms with Gasteiger partial charge in [-0.3, -0.25) is 30.6 Å². The van der Waals surface area contributed by atoms with Crippen LogP contribution in [-0.2, 0) is 0 Å². The lowest BCUT2D eigenvalue weighted by Gasteiger charge is -2.18. The van der Waals surface area contributed by atoms with Crippen LogP contribution in [0.25, 0.3) is 0 Å². The summed E-state index contributed by atoms with van der Waals surface area (Å²) in [6, 6.07) is 8.93. The van der Waals surface area contributed by atoms with Crippen LogP contribution in [0.5, 0.6) is 11.5 Å². The van der Waals surface area contributed by atoms with Gasteiger partial charge in [0.05, 0.1) is 18.1 Å². The summed E-state index contributed by atoms with van der Waals surface area (Å²) < 4.78 is 10.9. The topological polar surface area (TPSA) is 123 Å². The Balaban J connectivity index is 1.69. The van der Waals surface area contributed by atoms with Crippen LogP contribution in [0, 0.1) is 10.1 Å². The van der Waals surface area contributed by atoms with Crippen molar-refractivity contribution >= 4 is 23.2 Å². The summed E-state index contributed by atoms with van der Waals surface area (Å²) in [6.07, 6.45) is 1.88. The third kappa shape index (κ3) is 5.26. The van der Waals surface area contributed by atoms with Crippen LogP contribution in [-0.4, -0.2) is 43.0 Å². The first kappa shape index (κ1) is 22.9. The van der Waals surface area contributed by atoms with Crippen molar-refractivity contribution in [1.29, 1.82) is 0 Å². The molecule has 0 unspecified atom stereocenters. The molecule has 0 aromatic heterocycles.